The van der Waals surface area contributed by atoms with Gasteiger partial charge in [0.15, 0.2) is 6.29 Å². The van der Waals surface area contributed by atoms with Gasteiger partial charge in [0.2, 0.25) is 0 Å². The van der Waals surface area contributed by atoms with Gasteiger partial charge in [0.25, 0.3) is 0 Å². The topological polar surface area (TPSA) is 68.2 Å². The van der Waals surface area contributed by atoms with Gasteiger partial charge in [-0.05, 0) is 22.9 Å². The van der Waals surface area contributed by atoms with Crippen LogP contribution in [0, 0.1) is 0 Å². The molecule has 0 saturated carbocycles. The average Bonchev–Trinajstić information content (AvgIpc) is 2.45. The lowest BCUT2D eigenvalue weighted by atomic mass is 9.74. The highest BCUT2D eigenvalue weighted by Crippen LogP contribution is 2.38. The first-order valence-electron chi connectivity index (χ1n) is 7.16. The number of rotatable bonds is 3. The van der Waals surface area contributed by atoms with Gasteiger partial charge in [-0.15, -0.1) is 0 Å². The van der Waals surface area contributed by atoms with Gasteiger partial charge in [-0.25, -0.2) is 0 Å². The maximum atomic E-state index is 9.53. The van der Waals surface area contributed by atoms with Crippen molar-refractivity contribution in [3.63, 3.8) is 0 Å². The van der Waals surface area contributed by atoms with Crippen molar-refractivity contribution in [2.45, 2.75) is 38.9 Å². The maximum absolute atomic E-state index is 9.53. The minimum absolute atomic E-state index is 0.209. The molecule has 1 aliphatic rings. The van der Waals surface area contributed by atoms with Gasteiger partial charge in [-0.2, -0.15) is 0 Å². The van der Waals surface area contributed by atoms with Gasteiger partial charge < -0.3 is 24.3 Å². The van der Waals surface area contributed by atoms with E-state index in [2.05, 4.69) is 0 Å². The lowest BCUT2D eigenvalue weighted by molar-refractivity contribution is -0.183. The Morgan fingerprint density at radius 2 is 1.81 bits per heavy atom. The standard InChI is InChI=1S/C15H23BO5/c1-15(2,3)12-9-10(16(17)18)8-11(13(12)19-4)14-20-6-5-7-21-14/h8-9,14,17-18H,5-7H2,1-4H3. The van der Waals surface area contributed by atoms with Crippen LogP contribution >= 0.6 is 0 Å². The second kappa shape index (κ2) is 6.36. The van der Waals surface area contributed by atoms with Crippen LogP contribution in [0.15, 0.2) is 12.1 Å². The zero-order valence-electron chi connectivity index (χ0n) is 13.0. The summed E-state index contributed by atoms with van der Waals surface area (Å²) in [7, 11) is 0.0609. The smallest absolute Gasteiger partial charge is 0.488 e. The van der Waals surface area contributed by atoms with E-state index in [9.17, 15) is 10.0 Å². The van der Waals surface area contributed by atoms with Crippen LogP contribution < -0.4 is 10.2 Å². The van der Waals surface area contributed by atoms with Crippen molar-refractivity contribution in [2.24, 2.45) is 0 Å². The van der Waals surface area contributed by atoms with Crippen molar-refractivity contribution in [2.75, 3.05) is 20.3 Å². The van der Waals surface area contributed by atoms with Gasteiger partial charge in [0, 0.05) is 5.56 Å². The molecule has 0 aromatic heterocycles. The van der Waals surface area contributed by atoms with Crippen molar-refractivity contribution < 1.29 is 24.3 Å². The van der Waals surface area contributed by atoms with Crippen LogP contribution in [0.25, 0.3) is 0 Å². The minimum atomic E-state index is -1.54. The molecule has 0 spiro atoms. The SMILES string of the molecule is COc1c(C2OCCCO2)cc(B(O)O)cc1C(C)(C)C. The third kappa shape index (κ3) is 3.58. The number of methoxy groups -OCH3 is 1. The maximum Gasteiger partial charge on any atom is 0.488 e. The molecule has 116 valence electrons. The molecular weight excluding hydrogens is 271 g/mol. The van der Waals surface area contributed by atoms with E-state index in [4.69, 9.17) is 14.2 Å². The van der Waals surface area contributed by atoms with Crippen molar-refractivity contribution in [3.05, 3.63) is 23.3 Å². The van der Waals surface area contributed by atoms with E-state index < -0.39 is 13.4 Å². The monoisotopic (exact) mass is 294 g/mol. The lowest BCUT2D eigenvalue weighted by Gasteiger charge is -2.29. The Hall–Kier alpha value is -1.08. The summed E-state index contributed by atoms with van der Waals surface area (Å²) in [6.45, 7) is 7.37. The van der Waals surface area contributed by atoms with E-state index >= 15 is 0 Å². The summed E-state index contributed by atoms with van der Waals surface area (Å²) in [5.74, 6) is 0.679. The van der Waals surface area contributed by atoms with Crippen LogP contribution in [0.1, 0.15) is 44.6 Å². The van der Waals surface area contributed by atoms with E-state index in [1.807, 2.05) is 20.8 Å². The molecule has 1 fully saturated rings. The summed E-state index contributed by atoms with van der Waals surface area (Å²) in [4.78, 5) is 0. The van der Waals surface area contributed by atoms with Crippen molar-refractivity contribution in [3.8, 4) is 5.75 Å². The Morgan fingerprint density at radius 3 is 2.29 bits per heavy atom. The van der Waals surface area contributed by atoms with Crippen molar-refractivity contribution >= 4 is 12.6 Å². The summed E-state index contributed by atoms with van der Waals surface area (Å²) in [6, 6.07) is 3.44. The fourth-order valence-corrected chi connectivity index (χ4v) is 2.45. The Kier molecular flexibility index (Phi) is 4.93. The molecule has 0 radical (unpaired) electrons. The lowest BCUT2D eigenvalue weighted by Crippen LogP contribution is -2.33. The Balaban J connectivity index is 2.57. The predicted octanol–water partition coefficient (Wildman–Crippen LogP) is 1.11. The fraction of sp³-hybridized carbons (Fsp3) is 0.600. The number of benzene rings is 1. The molecule has 2 rings (SSSR count). The van der Waals surface area contributed by atoms with Crippen LogP contribution in [0.3, 0.4) is 0 Å². The molecule has 0 aliphatic carbocycles. The van der Waals surface area contributed by atoms with Gasteiger partial charge in [-0.1, -0.05) is 32.9 Å². The molecule has 1 aromatic carbocycles. The zero-order chi connectivity index (χ0) is 15.6. The molecule has 2 N–H and O–H groups in total. The fourth-order valence-electron chi connectivity index (χ4n) is 2.45. The van der Waals surface area contributed by atoms with E-state index in [1.54, 1.807) is 19.2 Å². The quantitative estimate of drug-likeness (QED) is 0.817. The molecule has 1 aromatic rings. The molecule has 0 unspecified atom stereocenters. The van der Waals surface area contributed by atoms with Crippen LogP contribution in [0.4, 0.5) is 0 Å². The average molecular weight is 294 g/mol. The number of hydrogen-bond acceptors (Lipinski definition) is 5. The molecule has 1 aliphatic heterocycles. The first kappa shape index (κ1) is 16.3. The normalized spacial score (nSPS) is 16.9. The van der Waals surface area contributed by atoms with Gasteiger partial charge in [0.1, 0.15) is 5.75 Å². The predicted molar refractivity (Wildman–Crippen MR) is 80.8 cm³/mol. The molecule has 1 heterocycles. The summed E-state index contributed by atoms with van der Waals surface area (Å²) in [6.07, 6.45) is 0.321. The Labute approximate surface area is 126 Å². The molecule has 0 bridgehead atoms. The van der Waals surface area contributed by atoms with E-state index in [0.717, 1.165) is 12.0 Å². The van der Waals surface area contributed by atoms with E-state index in [0.29, 0.717) is 30.0 Å². The van der Waals surface area contributed by atoms with Crippen molar-refractivity contribution in [1.82, 2.24) is 0 Å². The van der Waals surface area contributed by atoms with Gasteiger partial charge in [-0.3, -0.25) is 0 Å². The highest BCUT2D eigenvalue weighted by atomic mass is 16.7. The van der Waals surface area contributed by atoms with Crippen molar-refractivity contribution in [1.29, 1.82) is 0 Å². The van der Waals surface area contributed by atoms with Gasteiger partial charge in [0.05, 0.1) is 20.3 Å². The molecule has 5 nitrogen and oxygen atoms in total. The zero-order valence-corrected chi connectivity index (χ0v) is 13.0. The second-order valence-electron chi connectivity index (χ2n) is 6.24. The van der Waals surface area contributed by atoms with Crippen LogP contribution in [-0.2, 0) is 14.9 Å². The molecule has 21 heavy (non-hydrogen) atoms. The highest BCUT2D eigenvalue weighted by Gasteiger charge is 2.29. The van der Waals surface area contributed by atoms with Crippen LogP contribution in [-0.4, -0.2) is 37.5 Å². The van der Waals surface area contributed by atoms with Crippen LogP contribution in [0.2, 0.25) is 0 Å². The largest absolute Gasteiger partial charge is 0.496 e. The van der Waals surface area contributed by atoms with E-state index in [1.165, 1.54) is 0 Å². The summed E-state index contributed by atoms with van der Waals surface area (Å²) in [5.41, 5.74) is 1.80. The summed E-state index contributed by atoms with van der Waals surface area (Å²) >= 11 is 0. The molecule has 6 heteroatoms. The molecular formula is C15H23BO5. The van der Waals surface area contributed by atoms with Crippen LogP contribution in [0.5, 0.6) is 5.75 Å². The third-order valence-corrected chi connectivity index (χ3v) is 3.53. The highest BCUT2D eigenvalue weighted by molar-refractivity contribution is 6.58. The summed E-state index contributed by atoms with van der Waals surface area (Å²) in [5, 5.41) is 19.1. The second-order valence-corrected chi connectivity index (χ2v) is 6.24. The molecule has 0 atom stereocenters. The Morgan fingerprint density at radius 1 is 1.19 bits per heavy atom. The third-order valence-electron chi connectivity index (χ3n) is 3.53. The molecule has 1 saturated heterocycles. The first-order valence-corrected chi connectivity index (χ1v) is 7.16. The van der Waals surface area contributed by atoms with Gasteiger partial charge >= 0.3 is 7.12 Å². The number of ether oxygens (including phenoxy) is 3. The molecule has 0 amide bonds. The Bertz CT molecular complexity index is 490. The first-order chi connectivity index (χ1) is 9.84. The number of hydrogen-bond donors (Lipinski definition) is 2. The van der Waals surface area contributed by atoms with E-state index in [-0.39, 0.29) is 5.41 Å². The minimum Gasteiger partial charge on any atom is -0.496 e. The summed E-state index contributed by atoms with van der Waals surface area (Å²) < 4.78 is 16.9.